The van der Waals surface area contributed by atoms with Gasteiger partial charge in [-0.2, -0.15) is 0 Å². The third kappa shape index (κ3) is 4.09. The first kappa shape index (κ1) is 18.1. The molecule has 0 saturated heterocycles. The Labute approximate surface area is 158 Å². The molecule has 0 aliphatic heterocycles. The van der Waals surface area contributed by atoms with Gasteiger partial charge in [-0.05, 0) is 35.2 Å². The second kappa shape index (κ2) is 7.26. The van der Waals surface area contributed by atoms with Gasteiger partial charge in [0.25, 0.3) is 5.91 Å². The summed E-state index contributed by atoms with van der Waals surface area (Å²) in [4.78, 5) is 20.7. The minimum Gasteiger partial charge on any atom is -0.322 e. The highest BCUT2D eigenvalue weighted by Gasteiger charge is 2.14. The van der Waals surface area contributed by atoms with Crippen molar-refractivity contribution in [3.8, 4) is 11.3 Å². The van der Waals surface area contributed by atoms with Crippen LogP contribution in [0.1, 0.15) is 36.7 Å². The van der Waals surface area contributed by atoms with Gasteiger partial charge in [0.1, 0.15) is 5.69 Å². The molecular formula is C21H20ClN3O. The van der Waals surface area contributed by atoms with Crippen LogP contribution >= 0.6 is 11.6 Å². The summed E-state index contributed by atoms with van der Waals surface area (Å²) in [5.41, 5.74) is 4.05. The van der Waals surface area contributed by atoms with Crippen molar-refractivity contribution in [2.75, 3.05) is 5.32 Å². The van der Waals surface area contributed by atoms with Gasteiger partial charge in [-0.25, -0.2) is 4.98 Å². The molecule has 4 nitrogen and oxygen atoms in total. The van der Waals surface area contributed by atoms with Gasteiger partial charge in [-0.1, -0.05) is 56.6 Å². The van der Waals surface area contributed by atoms with Crippen molar-refractivity contribution in [2.45, 2.75) is 26.2 Å². The van der Waals surface area contributed by atoms with Crippen molar-refractivity contribution in [1.29, 1.82) is 0 Å². The number of carbonyl (C=O) groups is 1. The number of benzene rings is 2. The molecule has 0 spiro atoms. The summed E-state index contributed by atoms with van der Waals surface area (Å²) in [7, 11) is 0. The maximum absolute atomic E-state index is 12.4. The van der Waals surface area contributed by atoms with E-state index in [4.69, 9.17) is 11.6 Å². The number of nitrogens with one attached hydrogen (secondary N) is 1. The van der Waals surface area contributed by atoms with Crippen LogP contribution in [0.3, 0.4) is 0 Å². The fourth-order valence-corrected chi connectivity index (χ4v) is 2.77. The van der Waals surface area contributed by atoms with Crippen LogP contribution in [0.15, 0.2) is 60.9 Å². The Balaban J connectivity index is 1.73. The molecule has 0 aliphatic carbocycles. The zero-order valence-corrected chi connectivity index (χ0v) is 15.7. The lowest BCUT2D eigenvalue weighted by Crippen LogP contribution is -2.13. The zero-order chi connectivity index (χ0) is 18.7. The molecule has 0 radical (unpaired) electrons. The minimum absolute atomic E-state index is 0.0833. The van der Waals surface area contributed by atoms with E-state index in [1.54, 1.807) is 24.5 Å². The maximum atomic E-state index is 12.4. The predicted molar refractivity (Wildman–Crippen MR) is 106 cm³/mol. The van der Waals surface area contributed by atoms with E-state index in [2.05, 4.69) is 36.1 Å². The molecule has 3 aromatic rings. The largest absolute Gasteiger partial charge is 0.322 e. The molecule has 1 N–H and O–H groups in total. The highest BCUT2D eigenvalue weighted by molar-refractivity contribution is 6.31. The molecule has 0 atom stereocenters. The first-order valence-electron chi connectivity index (χ1n) is 8.33. The van der Waals surface area contributed by atoms with Crippen LogP contribution in [0.25, 0.3) is 11.3 Å². The van der Waals surface area contributed by atoms with Crippen molar-refractivity contribution in [3.63, 3.8) is 0 Å². The monoisotopic (exact) mass is 365 g/mol. The molecule has 1 aromatic heterocycles. The Morgan fingerprint density at radius 3 is 2.12 bits per heavy atom. The van der Waals surface area contributed by atoms with Crippen LogP contribution in [-0.2, 0) is 5.41 Å². The van der Waals surface area contributed by atoms with Crippen molar-refractivity contribution in [1.82, 2.24) is 9.97 Å². The van der Waals surface area contributed by atoms with Gasteiger partial charge in [0.05, 0.1) is 0 Å². The molecule has 132 valence electrons. The van der Waals surface area contributed by atoms with E-state index in [1.165, 1.54) is 5.56 Å². The third-order valence-corrected chi connectivity index (χ3v) is 4.36. The fraction of sp³-hybridized carbons (Fsp3) is 0.190. The van der Waals surface area contributed by atoms with E-state index in [9.17, 15) is 4.79 Å². The Morgan fingerprint density at radius 2 is 1.54 bits per heavy atom. The normalized spacial score (nSPS) is 11.2. The molecule has 1 heterocycles. The molecule has 1 amide bonds. The van der Waals surface area contributed by atoms with Crippen LogP contribution in [0, 0.1) is 0 Å². The summed E-state index contributed by atoms with van der Waals surface area (Å²) in [5.74, 6) is -0.162. The van der Waals surface area contributed by atoms with Crippen molar-refractivity contribution in [2.24, 2.45) is 0 Å². The number of nitrogens with zero attached hydrogens (tertiary/aromatic N) is 2. The van der Waals surface area contributed by atoms with E-state index < -0.39 is 0 Å². The molecule has 2 aromatic carbocycles. The Morgan fingerprint density at radius 1 is 0.923 bits per heavy atom. The van der Waals surface area contributed by atoms with Crippen LogP contribution in [-0.4, -0.2) is 15.9 Å². The number of hydrogen-bond acceptors (Lipinski definition) is 3. The van der Waals surface area contributed by atoms with Gasteiger partial charge in [0.2, 0.25) is 0 Å². The molecule has 26 heavy (non-hydrogen) atoms. The fourth-order valence-electron chi connectivity index (χ4n) is 2.55. The van der Waals surface area contributed by atoms with E-state index in [-0.39, 0.29) is 11.3 Å². The number of amides is 1. The number of anilines is 1. The summed E-state index contributed by atoms with van der Waals surface area (Å²) < 4.78 is 0. The number of aromatic nitrogens is 2. The summed E-state index contributed by atoms with van der Waals surface area (Å²) in [6.45, 7) is 6.47. The summed E-state index contributed by atoms with van der Waals surface area (Å²) >= 11 is 6.06. The lowest BCUT2D eigenvalue weighted by Gasteiger charge is -2.19. The smallest absolute Gasteiger partial charge is 0.255 e. The lowest BCUT2D eigenvalue weighted by atomic mass is 9.87. The topological polar surface area (TPSA) is 54.9 Å². The first-order valence-corrected chi connectivity index (χ1v) is 8.71. The van der Waals surface area contributed by atoms with Crippen molar-refractivity contribution in [3.05, 3.63) is 77.2 Å². The van der Waals surface area contributed by atoms with Gasteiger partial charge < -0.3 is 5.32 Å². The van der Waals surface area contributed by atoms with E-state index in [0.29, 0.717) is 16.4 Å². The number of hydrogen-bond donors (Lipinski definition) is 1. The Bertz CT molecular complexity index is 913. The molecule has 0 saturated carbocycles. The van der Waals surface area contributed by atoms with Crippen LogP contribution in [0.4, 0.5) is 5.69 Å². The summed E-state index contributed by atoms with van der Waals surface area (Å²) in [5, 5.41) is 3.25. The SMILES string of the molecule is CC(C)(C)c1ccc(NC(=O)c2ccc(-c3nccnc3Cl)cc2)cc1. The predicted octanol–water partition coefficient (Wildman–Crippen LogP) is 5.35. The van der Waals surface area contributed by atoms with Crippen molar-refractivity contribution < 1.29 is 4.79 Å². The first-order chi connectivity index (χ1) is 12.3. The molecule has 0 unspecified atom stereocenters. The molecule has 0 aliphatic rings. The van der Waals surface area contributed by atoms with Gasteiger partial charge in [-0.15, -0.1) is 0 Å². The van der Waals surface area contributed by atoms with Gasteiger partial charge in [0.15, 0.2) is 5.15 Å². The van der Waals surface area contributed by atoms with E-state index in [1.807, 2.05) is 36.4 Å². The lowest BCUT2D eigenvalue weighted by molar-refractivity contribution is 0.102. The zero-order valence-electron chi connectivity index (χ0n) is 15.0. The number of halogens is 1. The Kier molecular flexibility index (Phi) is 5.05. The van der Waals surface area contributed by atoms with Crippen LogP contribution in [0.2, 0.25) is 5.15 Å². The van der Waals surface area contributed by atoms with Gasteiger partial charge in [-0.3, -0.25) is 9.78 Å². The highest BCUT2D eigenvalue weighted by Crippen LogP contribution is 2.25. The quantitative estimate of drug-likeness (QED) is 0.680. The maximum Gasteiger partial charge on any atom is 0.255 e. The second-order valence-electron chi connectivity index (χ2n) is 7.05. The number of rotatable bonds is 3. The average Bonchev–Trinajstić information content (AvgIpc) is 2.62. The standard InChI is InChI=1S/C21H20ClN3O/c1-21(2,3)16-8-10-17(11-9-16)25-20(26)15-6-4-14(5-7-15)18-19(22)24-13-12-23-18/h4-13H,1-3H3,(H,25,26). The minimum atomic E-state index is -0.162. The van der Waals surface area contributed by atoms with Gasteiger partial charge in [0, 0.05) is 29.2 Å². The second-order valence-corrected chi connectivity index (χ2v) is 7.41. The van der Waals surface area contributed by atoms with Gasteiger partial charge >= 0.3 is 0 Å². The molecule has 3 rings (SSSR count). The third-order valence-electron chi connectivity index (χ3n) is 4.08. The molecular weight excluding hydrogens is 346 g/mol. The molecule has 0 fully saturated rings. The van der Waals surface area contributed by atoms with Crippen molar-refractivity contribution >= 4 is 23.2 Å². The average molecular weight is 366 g/mol. The van der Waals surface area contributed by atoms with E-state index in [0.717, 1.165) is 11.3 Å². The Hall–Kier alpha value is -2.72. The van der Waals surface area contributed by atoms with Crippen LogP contribution in [0.5, 0.6) is 0 Å². The summed E-state index contributed by atoms with van der Waals surface area (Å²) in [6.07, 6.45) is 3.13. The molecule has 0 bridgehead atoms. The van der Waals surface area contributed by atoms with E-state index >= 15 is 0 Å². The van der Waals surface area contributed by atoms with Crippen LogP contribution < -0.4 is 5.32 Å². The number of carbonyl (C=O) groups excluding carboxylic acids is 1. The summed E-state index contributed by atoms with van der Waals surface area (Å²) in [6, 6.07) is 15.0. The molecule has 5 heteroatoms. The highest BCUT2D eigenvalue weighted by atomic mass is 35.5.